The molecule has 1 aliphatic rings. The van der Waals surface area contributed by atoms with Gasteiger partial charge in [-0.1, -0.05) is 12.1 Å². The van der Waals surface area contributed by atoms with Crippen molar-refractivity contribution in [1.29, 1.82) is 0 Å². The minimum absolute atomic E-state index is 0.0157. The Hall–Kier alpha value is -3.06. The van der Waals surface area contributed by atoms with Crippen molar-refractivity contribution in [3.05, 3.63) is 60.4 Å². The summed E-state index contributed by atoms with van der Waals surface area (Å²) in [6, 6.07) is 8.04. The second-order valence-electron chi connectivity index (χ2n) is 7.50. The average molecular weight is 394 g/mol. The summed E-state index contributed by atoms with van der Waals surface area (Å²) in [4.78, 5) is 23.6. The first-order valence-corrected chi connectivity index (χ1v) is 9.60. The van der Waals surface area contributed by atoms with Gasteiger partial charge in [0.25, 0.3) is 5.91 Å². The quantitative estimate of drug-likeness (QED) is 0.682. The molecule has 2 aromatic heterocycles. The smallest absolute Gasteiger partial charge is 0.270 e. The highest BCUT2D eigenvalue weighted by atomic mass is 19.1. The normalized spacial score (nSPS) is 19.4. The van der Waals surface area contributed by atoms with E-state index in [1.165, 1.54) is 12.1 Å². The van der Waals surface area contributed by atoms with Crippen LogP contribution in [0, 0.1) is 5.82 Å². The van der Waals surface area contributed by atoms with Crippen LogP contribution < -0.4 is 0 Å². The Morgan fingerprint density at radius 3 is 2.41 bits per heavy atom. The van der Waals surface area contributed by atoms with Gasteiger partial charge in [-0.25, -0.2) is 14.4 Å². The number of halogens is 1. The van der Waals surface area contributed by atoms with Gasteiger partial charge in [-0.05, 0) is 32.0 Å². The fraction of sp³-hybridized carbons (Fsp3) is 0.318. The average Bonchev–Trinajstić information content (AvgIpc) is 3.08. The molecule has 0 aliphatic carbocycles. The zero-order chi connectivity index (χ0) is 20.5. The van der Waals surface area contributed by atoms with E-state index in [1.807, 2.05) is 42.6 Å². The van der Waals surface area contributed by atoms with Crippen LogP contribution in [0.1, 0.15) is 24.3 Å². The topological polar surface area (TPSA) is 60.2 Å². The standard InChI is InChI=1S/C22H23FN4O2/c1-14-11-27(12-15(2)29-14)22(28)20-8-17(13-26(20)3)18-9-24-21(25-10-18)16-5-4-6-19(23)7-16/h4-10,13-15H,11-12H2,1-3H3/t14-,15-/m0/s1. The van der Waals surface area contributed by atoms with Crippen molar-refractivity contribution in [1.82, 2.24) is 19.4 Å². The molecule has 150 valence electrons. The molecule has 0 N–H and O–H groups in total. The van der Waals surface area contributed by atoms with E-state index in [0.29, 0.717) is 30.2 Å². The SMILES string of the molecule is C[C@H]1CN(C(=O)c2cc(-c3cnc(-c4cccc(F)c4)nc3)cn2C)C[C@H](C)O1. The molecule has 3 heterocycles. The molecule has 1 aromatic carbocycles. The summed E-state index contributed by atoms with van der Waals surface area (Å²) in [6.45, 7) is 5.11. The summed E-state index contributed by atoms with van der Waals surface area (Å²) < 4.78 is 21.0. The molecule has 1 aliphatic heterocycles. The van der Waals surface area contributed by atoms with Gasteiger partial charge >= 0.3 is 0 Å². The Bertz CT molecular complexity index is 1020. The number of nitrogens with zero attached hydrogens (tertiary/aromatic N) is 4. The number of hydrogen-bond acceptors (Lipinski definition) is 4. The van der Waals surface area contributed by atoms with E-state index in [9.17, 15) is 9.18 Å². The molecule has 0 saturated carbocycles. The number of carbonyl (C=O) groups is 1. The minimum atomic E-state index is -0.326. The predicted molar refractivity (Wildman–Crippen MR) is 108 cm³/mol. The number of rotatable bonds is 3. The number of amides is 1. The van der Waals surface area contributed by atoms with Crippen molar-refractivity contribution < 1.29 is 13.9 Å². The molecule has 0 bridgehead atoms. The number of benzene rings is 1. The number of carbonyl (C=O) groups excluding carboxylic acids is 1. The molecule has 1 saturated heterocycles. The van der Waals surface area contributed by atoms with Crippen LogP contribution >= 0.6 is 0 Å². The molecule has 3 aromatic rings. The predicted octanol–water partition coefficient (Wildman–Crippen LogP) is 3.54. The third-order valence-electron chi connectivity index (χ3n) is 5.00. The van der Waals surface area contributed by atoms with Crippen LogP contribution in [0.25, 0.3) is 22.5 Å². The monoisotopic (exact) mass is 394 g/mol. The summed E-state index contributed by atoms with van der Waals surface area (Å²) in [5, 5.41) is 0. The van der Waals surface area contributed by atoms with Crippen molar-refractivity contribution in [3.8, 4) is 22.5 Å². The highest BCUT2D eigenvalue weighted by Crippen LogP contribution is 2.24. The molecule has 0 radical (unpaired) electrons. The third kappa shape index (κ3) is 4.05. The number of aromatic nitrogens is 3. The molecule has 0 unspecified atom stereocenters. The zero-order valence-electron chi connectivity index (χ0n) is 16.7. The van der Waals surface area contributed by atoms with Crippen LogP contribution in [0.2, 0.25) is 0 Å². The Morgan fingerprint density at radius 1 is 1.07 bits per heavy atom. The van der Waals surface area contributed by atoms with Gasteiger partial charge in [0.15, 0.2) is 5.82 Å². The summed E-state index contributed by atoms with van der Waals surface area (Å²) in [5.74, 6) is 0.114. The second-order valence-corrected chi connectivity index (χ2v) is 7.50. The highest BCUT2D eigenvalue weighted by molar-refractivity contribution is 5.94. The molecule has 7 heteroatoms. The lowest BCUT2D eigenvalue weighted by Gasteiger charge is -2.35. The van der Waals surface area contributed by atoms with E-state index >= 15 is 0 Å². The largest absolute Gasteiger partial charge is 0.372 e. The first kappa shape index (κ1) is 19.3. The molecular formula is C22H23FN4O2. The minimum Gasteiger partial charge on any atom is -0.372 e. The zero-order valence-corrected chi connectivity index (χ0v) is 16.7. The lowest BCUT2D eigenvalue weighted by atomic mass is 10.1. The first-order chi connectivity index (χ1) is 13.9. The summed E-state index contributed by atoms with van der Waals surface area (Å²) in [5.41, 5.74) is 2.88. The number of hydrogen-bond donors (Lipinski definition) is 0. The van der Waals surface area contributed by atoms with E-state index in [1.54, 1.807) is 24.5 Å². The van der Waals surface area contributed by atoms with E-state index in [4.69, 9.17) is 4.74 Å². The van der Waals surface area contributed by atoms with Gasteiger partial charge in [0, 0.05) is 55.4 Å². The molecule has 29 heavy (non-hydrogen) atoms. The number of ether oxygens (including phenoxy) is 1. The van der Waals surface area contributed by atoms with Crippen molar-refractivity contribution in [2.45, 2.75) is 26.1 Å². The van der Waals surface area contributed by atoms with Crippen molar-refractivity contribution in [2.75, 3.05) is 13.1 Å². The maximum absolute atomic E-state index is 13.4. The van der Waals surface area contributed by atoms with Gasteiger partial charge in [0.1, 0.15) is 11.5 Å². The van der Waals surface area contributed by atoms with Gasteiger partial charge in [-0.2, -0.15) is 0 Å². The lowest BCUT2D eigenvalue weighted by Crippen LogP contribution is -2.48. The van der Waals surface area contributed by atoms with Crippen LogP contribution in [0.3, 0.4) is 0 Å². The molecule has 1 fully saturated rings. The van der Waals surface area contributed by atoms with Gasteiger partial charge < -0.3 is 14.2 Å². The molecule has 1 amide bonds. The van der Waals surface area contributed by atoms with Gasteiger partial charge in [-0.15, -0.1) is 0 Å². The summed E-state index contributed by atoms with van der Waals surface area (Å²) in [6.07, 6.45) is 5.31. The van der Waals surface area contributed by atoms with Crippen LogP contribution in [0.15, 0.2) is 48.9 Å². The Kier molecular flexibility index (Phi) is 5.15. The van der Waals surface area contributed by atoms with E-state index in [-0.39, 0.29) is 23.9 Å². The maximum atomic E-state index is 13.4. The summed E-state index contributed by atoms with van der Waals surface area (Å²) >= 11 is 0. The lowest BCUT2D eigenvalue weighted by molar-refractivity contribution is -0.0588. The number of aryl methyl sites for hydroxylation is 1. The van der Waals surface area contributed by atoms with E-state index in [0.717, 1.165) is 11.1 Å². The molecule has 2 atom stereocenters. The third-order valence-corrected chi connectivity index (χ3v) is 5.00. The van der Waals surface area contributed by atoms with E-state index < -0.39 is 0 Å². The van der Waals surface area contributed by atoms with Crippen LogP contribution in [0.4, 0.5) is 4.39 Å². The van der Waals surface area contributed by atoms with Crippen LogP contribution in [-0.2, 0) is 11.8 Å². The Balaban J connectivity index is 1.57. The highest BCUT2D eigenvalue weighted by Gasteiger charge is 2.28. The molecule has 6 nitrogen and oxygen atoms in total. The van der Waals surface area contributed by atoms with E-state index in [2.05, 4.69) is 9.97 Å². The van der Waals surface area contributed by atoms with Gasteiger partial charge in [0.2, 0.25) is 0 Å². The molecular weight excluding hydrogens is 371 g/mol. The fourth-order valence-corrected chi connectivity index (χ4v) is 3.69. The summed E-state index contributed by atoms with van der Waals surface area (Å²) in [7, 11) is 1.85. The van der Waals surface area contributed by atoms with Gasteiger partial charge in [-0.3, -0.25) is 4.79 Å². The Morgan fingerprint density at radius 2 is 1.76 bits per heavy atom. The maximum Gasteiger partial charge on any atom is 0.270 e. The fourth-order valence-electron chi connectivity index (χ4n) is 3.69. The Labute approximate surface area is 169 Å². The van der Waals surface area contributed by atoms with Crippen molar-refractivity contribution in [3.63, 3.8) is 0 Å². The van der Waals surface area contributed by atoms with Crippen molar-refractivity contribution >= 4 is 5.91 Å². The van der Waals surface area contributed by atoms with Gasteiger partial charge in [0.05, 0.1) is 12.2 Å². The van der Waals surface area contributed by atoms with Crippen molar-refractivity contribution in [2.24, 2.45) is 7.05 Å². The van der Waals surface area contributed by atoms with Crippen LogP contribution in [-0.4, -0.2) is 50.6 Å². The molecule has 0 spiro atoms. The number of morpholine rings is 1. The second kappa shape index (κ2) is 7.75. The molecule has 4 rings (SSSR count). The first-order valence-electron chi connectivity index (χ1n) is 9.60. The van der Waals surface area contributed by atoms with Crippen LogP contribution in [0.5, 0.6) is 0 Å².